The summed E-state index contributed by atoms with van der Waals surface area (Å²) in [5.41, 5.74) is 4.07. The van der Waals surface area contributed by atoms with E-state index in [4.69, 9.17) is 4.74 Å². The molecule has 0 aromatic heterocycles. The van der Waals surface area contributed by atoms with Gasteiger partial charge in [0.25, 0.3) is 0 Å². The number of esters is 1. The van der Waals surface area contributed by atoms with E-state index in [1.54, 1.807) is 13.3 Å². The lowest BCUT2D eigenvalue weighted by atomic mass is 10.1. The molecule has 0 atom stereocenters. The summed E-state index contributed by atoms with van der Waals surface area (Å²) in [5.74, 6) is -0.253. The minimum absolute atomic E-state index is 0.253. The number of halogens is 1. The molecule has 0 aliphatic rings. The highest BCUT2D eigenvalue weighted by atomic mass is 79.9. The van der Waals surface area contributed by atoms with E-state index in [9.17, 15) is 4.79 Å². The van der Waals surface area contributed by atoms with Gasteiger partial charge in [0.05, 0.1) is 12.2 Å². The van der Waals surface area contributed by atoms with Gasteiger partial charge in [-0.05, 0) is 69.0 Å². The first-order chi connectivity index (χ1) is 15.0. The summed E-state index contributed by atoms with van der Waals surface area (Å²) < 4.78 is 5.95. The van der Waals surface area contributed by atoms with E-state index in [0.717, 1.165) is 42.4 Å². The molecule has 31 heavy (non-hydrogen) atoms. The van der Waals surface area contributed by atoms with Gasteiger partial charge in [0.1, 0.15) is 0 Å². The number of rotatable bonds is 13. The van der Waals surface area contributed by atoms with Crippen molar-refractivity contribution in [3.8, 4) is 0 Å². The first-order valence-corrected chi connectivity index (χ1v) is 11.9. The molecular weight excluding hydrogens is 452 g/mol. The van der Waals surface area contributed by atoms with Crippen molar-refractivity contribution >= 4 is 28.1 Å². The Morgan fingerprint density at radius 1 is 1.19 bits per heavy atom. The number of nitrogens with zero attached hydrogens (tertiary/aromatic N) is 1. The molecule has 1 N–H and O–H groups in total. The molecule has 0 unspecified atom stereocenters. The highest BCUT2D eigenvalue weighted by molar-refractivity contribution is 9.12. The van der Waals surface area contributed by atoms with Crippen LogP contribution in [0.4, 0.5) is 0 Å². The average Bonchev–Trinajstić information content (AvgIpc) is 2.78. The van der Waals surface area contributed by atoms with Crippen LogP contribution in [-0.4, -0.2) is 38.9 Å². The van der Waals surface area contributed by atoms with E-state index in [-0.39, 0.29) is 5.97 Å². The summed E-state index contributed by atoms with van der Waals surface area (Å²) in [6.45, 7) is 14.2. The predicted molar refractivity (Wildman–Crippen MR) is 138 cm³/mol. The lowest BCUT2D eigenvalue weighted by Crippen LogP contribution is -2.17. The fourth-order valence-corrected chi connectivity index (χ4v) is 2.96. The first kappa shape index (κ1) is 29.0. The number of carbonyl (C=O) groups is 1. The van der Waals surface area contributed by atoms with Crippen molar-refractivity contribution in [2.45, 2.75) is 53.4 Å². The van der Waals surface area contributed by atoms with E-state index in [0.29, 0.717) is 12.2 Å². The van der Waals surface area contributed by atoms with Crippen molar-refractivity contribution < 1.29 is 9.53 Å². The van der Waals surface area contributed by atoms with Crippen LogP contribution in [0.5, 0.6) is 0 Å². The summed E-state index contributed by atoms with van der Waals surface area (Å²) in [4.78, 5) is 15.6. The minimum Gasteiger partial charge on any atom is -0.462 e. The number of ether oxygens (including phenoxy) is 1. The molecule has 0 amide bonds. The van der Waals surface area contributed by atoms with E-state index < -0.39 is 0 Å². The van der Waals surface area contributed by atoms with Crippen LogP contribution in [0.2, 0.25) is 0 Å². The molecule has 1 rings (SSSR count). The number of unbranched alkanes of at least 4 members (excludes halogenated alkanes) is 2. The third-order valence-corrected chi connectivity index (χ3v) is 5.06. The fourth-order valence-electron chi connectivity index (χ4n) is 2.73. The van der Waals surface area contributed by atoms with E-state index in [1.165, 1.54) is 17.6 Å². The molecule has 0 spiro atoms. The van der Waals surface area contributed by atoms with Gasteiger partial charge in [0.2, 0.25) is 0 Å². The monoisotopic (exact) mass is 490 g/mol. The molecular formula is C26H39BrN2O2. The third kappa shape index (κ3) is 13.8. The molecule has 0 aliphatic carbocycles. The summed E-state index contributed by atoms with van der Waals surface area (Å²) in [5, 5.41) is 3.48. The molecule has 1 aromatic rings. The molecule has 172 valence electrons. The van der Waals surface area contributed by atoms with Gasteiger partial charge in [-0.3, -0.25) is 4.99 Å². The summed E-state index contributed by atoms with van der Waals surface area (Å²) in [6, 6.07) is 7.73. The fraction of sp³-hybridized carbons (Fsp3) is 0.462. The summed E-state index contributed by atoms with van der Waals surface area (Å²) in [7, 11) is 1.74. The Morgan fingerprint density at radius 3 is 2.48 bits per heavy atom. The summed E-state index contributed by atoms with van der Waals surface area (Å²) in [6.07, 6.45) is 10.2. The van der Waals surface area contributed by atoms with Crippen molar-refractivity contribution in [3.63, 3.8) is 0 Å². The highest BCUT2D eigenvalue weighted by Crippen LogP contribution is 2.17. The molecule has 0 fully saturated rings. The van der Waals surface area contributed by atoms with Crippen LogP contribution in [0.3, 0.4) is 0 Å². The van der Waals surface area contributed by atoms with Crippen LogP contribution >= 0.6 is 15.9 Å². The maximum absolute atomic E-state index is 11.7. The number of aliphatic imine (C=N–C) groups is 1. The lowest BCUT2D eigenvalue weighted by Gasteiger charge is -2.07. The second-order valence-corrected chi connectivity index (χ2v) is 7.70. The van der Waals surface area contributed by atoms with Gasteiger partial charge >= 0.3 is 5.97 Å². The highest BCUT2D eigenvalue weighted by Gasteiger charge is 2.05. The number of hydrogen-bond donors (Lipinski definition) is 1. The maximum atomic E-state index is 11.7. The zero-order valence-electron chi connectivity index (χ0n) is 19.8. The molecule has 4 nitrogen and oxygen atoms in total. The molecule has 0 bridgehead atoms. The van der Waals surface area contributed by atoms with E-state index >= 15 is 0 Å². The van der Waals surface area contributed by atoms with Crippen LogP contribution in [-0.2, 0) is 11.2 Å². The minimum atomic E-state index is -0.253. The number of benzene rings is 1. The van der Waals surface area contributed by atoms with Gasteiger partial charge in [-0.1, -0.05) is 66.6 Å². The van der Waals surface area contributed by atoms with Gasteiger partial charge in [-0.25, -0.2) is 4.79 Å². The molecule has 0 saturated heterocycles. The Morgan fingerprint density at radius 2 is 1.87 bits per heavy atom. The van der Waals surface area contributed by atoms with Crippen LogP contribution < -0.4 is 5.32 Å². The Bertz CT molecular complexity index is 734. The third-order valence-electron chi connectivity index (χ3n) is 4.29. The number of carbonyl (C=O) groups excluding carboxylic acids is 1. The Hall–Kier alpha value is -1.98. The van der Waals surface area contributed by atoms with Crippen LogP contribution in [0, 0.1) is 0 Å². The quantitative estimate of drug-likeness (QED) is 0.145. The lowest BCUT2D eigenvalue weighted by molar-refractivity contribution is 0.0526. The average molecular weight is 492 g/mol. The molecule has 5 heteroatoms. The summed E-state index contributed by atoms with van der Waals surface area (Å²) >= 11 is 3.50. The van der Waals surface area contributed by atoms with Gasteiger partial charge < -0.3 is 10.1 Å². The molecule has 0 heterocycles. The second kappa shape index (κ2) is 18.8. The molecule has 0 aliphatic heterocycles. The van der Waals surface area contributed by atoms with Crippen molar-refractivity contribution in [1.82, 2.24) is 5.32 Å². The van der Waals surface area contributed by atoms with Gasteiger partial charge in [0, 0.05) is 24.3 Å². The van der Waals surface area contributed by atoms with Crippen molar-refractivity contribution in [1.29, 1.82) is 0 Å². The topological polar surface area (TPSA) is 50.7 Å². The standard InChI is InChI=1S/C24H33BrN2O2.C2H6/c1-5-29-24(28)22-12-10-21(11-13-22)9-7-6-8-15-27-18-19(2)17-20(3)23(25)14-16-26-4;1-2/h10-14,16-17,27H,3,5-9,15,18H2,1-2,4H3;1-2H3/b19-17+,23-14+,26-16?;. The molecule has 0 radical (unpaired) electrons. The Balaban J connectivity index is 0.00000436. The van der Waals surface area contributed by atoms with Gasteiger partial charge in [-0.2, -0.15) is 0 Å². The van der Waals surface area contributed by atoms with Crippen molar-refractivity contribution in [2.24, 2.45) is 4.99 Å². The SMILES string of the molecule is C=C(/C=C(\C)CNCCCCCc1ccc(C(=O)OCC)cc1)/C(Br)=C\C=NC.CC. The van der Waals surface area contributed by atoms with E-state index in [1.807, 2.05) is 51.1 Å². The largest absolute Gasteiger partial charge is 0.462 e. The number of allylic oxidation sites excluding steroid dienone is 4. The normalized spacial score (nSPS) is 11.8. The van der Waals surface area contributed by atoms with Gasteiger partial charge in [0.15, 0.2) is 0 Å². The maximum Gasteiger partial charge on any atom is 0.338 e. The smallest absolute Gasteiger partial charge is 0.338 e. The Labute approximate surface area is 197 Å². The van der Waals surface area contributed by atoms with Crippen LogP contribution in [0.25, 0.3) is 0 Å². The zero-order valence-corrected chi connectivity index (χ0v) is 21.4. The number of nitrogens with one attached hydrogen (secondary N) is 1. The van der Waals surface area contributed by atoms with Crippen LogP contribution in [0.1, 0.15) is 62.9 Å². The molecule has 0 saturated carbocycles. The first-order valence-electron chi connectivity index (χ1n) is 11.1. The van der Waals surface area contributed by atoms with Crippen molar-refractivity contribution in [3.05, 3.63) is 69.8 Å². The number of hydrogen-bond acceptors (Lipinski definition) is 4. The zero-order chi connectivity index (χ0) is 23.5. The Kier molecular flexibility index (Phi) is 17.6. The molecule has 1 aromatic carbocycles. The van der Waals surface area contributed by atoms with Gasteiger partial charge in [-0.15, -0.1) is 0 Å². The number of aryl methyl sites for hydroxylation is 1. The second-order valence-electron chi connectivity index (χ2n) is 6.84. The van der Waals surface area contributed by atoms with Crippen LogP contribution in [0.15, 0.2) is 63.6 Å². The predicted octanol–water partition coefficient (Wildman–Crippen LogP) is 6.67. The van der Waals surface area contributed by atoms with E-state index in [2.05, 4.69) is 45.8 Å². The van der Waals surface area contributed by atoms with Crippen molar-refractivity contribution in [2.75, 3.05) is 26.7 Å².